The highest BCUT2D eigenvalue weighted by Crippen LogP contribution is 2.20. The van der Waals surface area contributed by atoms with Crippen molar-refractivity contribution in [3.05, 3.63) is 51.1 Å². The Morgan fingerprint density at radius 1 is 1.28 bits per heavy atom. The fourth-order valence-corrected chi connectivity index (χ4v) is 2.84. The van der Waals surface area contributed by atoms with Gasteiger partial charge < -0.3 is 10.2 Å². The molecule has 2 rings (SSSR count). The molecule has 0 unspecified atom stereocenters. The van der Waals surface area contributed by atoms with E-state index in [2.05, 4.69) is 62.2 Å². The normalized spacial score (nSPS) is 10.8. The number of likely N-dealkylation sites (N-methyl/N-ethyl adjacent to an activating group) is 1. The molecule has 0 aliphatic heterocycles. The smallest absolute Gasteiger partial charge is 0.0485 e. The molecule has 1 heterocycles. The van der Waals surface area contributed by atoms with Crippen LogP contribution in [0.5, 0.6) is 0 Å². The molecule has 0 saturated carbocycles. The van der Waals surface area contributed by atoms with Crippen molar-refractivity contribution in [3.8, 4) is 0 Å². The molecule has 0 radical (unpaired) electrons. The largest absolute Gasteiger partial charge is 0.383 e. The summed E-state index contributed by atoms with van der Waals surface area (Å²) in [5, 5.41) is 7.77. The van der Waals surface area contributed by atoms with Gasteiger partial charge in [0.05, 0.1) is 0 Å². The Bertz CT molecular complexity index is 470. The number of thiophene rings is 1. The maximum atomic E-state index is 3.54. The molecule has 0 fully saturated rings. The van der Waals surface area contributed by atoms with E-state index in [0.29, 0.717) is 0 Å². The summed E-state index contributed by atoms with van der Waals surface area (Å²) in [5.74, 6) is 0. The number of hydrogen-bond donors (Lipinski definition) is 1. The lowest BCUT2D eigenvalue weighted by atomic mass is 10.3. The Morgan fingerprint density at radius 2 is 2.11 bits per heavy atom. The van der Waals surface area contributed by atoms with E-state index in [1.54, 1.807) is 11.3 Å². The molecular weight excluding hydrogens is 308 g/mol. The van der Waals surface area contributed by atoms with Gasteiger partial charge in [-0.3, -0.25) is 0 Å². The van der Waals surface area contributed by atoms with Crippen LogP contribution in [0.4, 0.5) is 5.69 Å². The summed E-state index contributed by atoms with van der Waals surface area (Å²) in [6.07, 6.45) is 0. The summed E-state index contributed by atoms with van der Waals surface area (Å²) in [7, 11) is 2.15. The molecule has 4 heteroatoms. The second-order valence-corrected chi connectivity index (χ2v) is 5.91. The van der Waals surface area contributed by atoms with E-state index in [4.69, 9.17) is 0 Å². The average Bonchev–Trinajstić information content (AvgIpc) is 2.84. The van der Waals surface area contributed by atoms with Crippen LogP contribution in [0.15, 0.2) is 45.6 Å². The first-order valence-electron chi connectivity index (χ1n) is 5.94. The number of hydrogen-bond acceptors (Lipinski definition) is 3. The molecule has 96 valence electrons. The fraction of sp³-hybridized carbons (Fsp3) is 0.286. The van der Waals surface area contributed by atoms with Crippen molar-refractivity contribution in [3.63, 3.8) is 0 Å². The van der Waals surface area contributed by atoms with Crippen molar-refractivity contribution in [2.45, 2.75) is 6.54 Å². The Balaban J connectivity index is 1.74. The second kappa shape index (κ2) is 6.92. The Morgan fingerprint density at radius 3 is 2.83 bits per heavy atom. The summed E-state index contributed by atoms with van der Waals surface area (Å²) < 4.78 is 1.12. The second-order valence-electron chi connectivity index (χ2n) is 4.28. The quantitative estimate of drug-likeness (QED) is 0.862. The van der Waals surface area contributed by atoms with E-state index < -0.39 is 0 Å². The highest BCUT2D eigenvalue weighted by molar-refractivity contribution is 9.10. The number of rotatable bonds is 6. The predicted octanol–water partition coefficient (Wildman–Crippen LogP) is 4.05. The molecule has 18 heavy (non-hydrogen) atoms. The lowest BCUT2D eigenvalue weighted by Gasteiger charge is -2.17. The third kappa shape index (κ3) is 4.12. The van der Waals surface area contributed by atoms with Crippen LogP contribution >= 0.6 is 27.3 Å². The number of anilines is 1. The first kappa shape index (κ1) is 13.6. The van der Waals surface area contributed by atoms with Gasteiger partial charge in [0.2, 0.25) is 0 Å². The minimum Gasteiger partial charge on any atom is -0.383 e. The number of nitrogens with zero attached hydrogens (tertiary/aromatic N) is 1. The van der Waals surface area contributed by atoms with Gasteiger partial charge in [0, 0.05) is 29.8 Å². The molecule has 1 aromatic carbocycles. The minimum atomic E-state index is 0.948. The summed E-state index contributed by atoms with van der Waals surface area (Å²) in [4.78, 5) is 2.33. The summed E-state index contributed by atoms with van der Waals surface area (Å²) in [5.41, 5.74) is 2.55. The van der Waals surface area contributed by atoms with E-state index in [1.807, 2.05) is 12.1 Å². The lowest BCUT2D eigenvalue weighted by molar-refractivity contribution is 0.340. The standard InChI is InChI=1S/C14H17BrN2S/c1-17(10-12-6-9-18-11-12)8-7-16-14-5-3-2-4-13(14)15/h2-6,9,11,16H,7-8,10H2,1H3. The van der Waals surface area contributed by atoms with E-state index >= 15 is 0 Å². The molecule has 0 aliphatic carbocycles. The van der Waals surface area contributed by atoms with Gasteiger partial charge in [-0.2, -0.15) is 11.3 Å². The third-order valence-electron chi connectivity index (χ3n) is 2.72. The molecule has 1 aromatic heterocycles. The number of nitrogens with one attached hydrogen (secondary N) is 1. The fourth-order valence-electron chi connectivity index (χ4n) is 1.76. The molecule has 0 spiro atoms. The van der Waals surface area contributed by atoms with Crippen molar-refractivity contribution in [1.82, 2.24) is 4.90 Å². The Labute approximate surface area is 121 Å². The van der Waals surface area contributed by atoms with Crippen LogP contribution in [0.3, 0.4) is 0 Å². The van der Waals surface area contributed by atoms with Gasteiger partial charge in [-0.05, 0) is 57.5 Å². The summed E-state index contributed by atoms with van der Waals surface area (Å²) in [6.45, 7) is 2.99. The van der Waals surface area contributed by atoms with Gasteiger partial charge in [0.1, 0.15) is 0 Å². The lowest BCUT2D eigenvalue weighted by Crippen LogP contribution is -2.24. The zero-order valence-corrected chi connectivity index (χ0v) is 12.8. The Kier molecular flexibility index (Phi) is 5.23. The average molecular weight is 325 g/mol. The Hall–Kier alpha value is -0.840. The van der Waals surface area contributed by atoms with Gasteiger partial charge in [0.25, 0.3) is 0 Å². The van der Waals surface area contributed by atoms with Gasteiger partial charge in [-0.1, -0.05) is 12.1 Å². The van der Waals surface area contributed by atoms with Crippen LogP contribution in [-0.4, -0.2) is 25.0 Å². The number of benzene rings is 1. The number of para-hydroxylation sites is 1. The summed E-state index contributed by atoms with van der Waals surface area (Å²) >= 11 is 5.29. The van der Waals surface area contributed by atoms with Crippen molar-refractivity contribution in [1.29, 1.82) is 0 Å². The molecule has 0 saturated heterocycles. The summed E-state index contributed by atoms with van der Waals surface area (Å²) in [6, 6.07) is 10.4. The SMILES string of the molecule is CN(CCNc1ccccc1Br)Cc1ccsc1. The molecule has 2 aromatic rings. The first-order valence-corrected chi connectivity index (χ1v) is 7.67. The van der Waals surface area contributed by atoms with E-state index in [-0.39, 0.29) is 0 Å². The zero-order valence-electron chi connectivity index (χ0n) is 10.4. The highest BCUT2D eigenvalue weighted by atomic mass is 79.9. The molecular formula is C14H17BrN2S. The van der Waals surface area contributed by atoms with E-state index in [0.717, 1.165) is 29.8 Å². The van der Waals surface area contributed by atoms with Crippen molar-refractivity contribution >= 4 is 33.0 Å². The highest BCUT2D eigenvalue weighted by Gasteiger charge is 2.01. The van der Waals surface area contributed by atoms with Crippen LogP contribution in [0, 0.1) is 0 Å². The molecule has 0 bridgehead atoms. The van der Waals surface area contributed by atoms with Crippen molar-refractivity contribution < 1.29 is 0 Å². The zero-order chi connectivity index (χ0) is 12.8. The van der Waals surface area contributed by atoms with Crippen molar-refractivity contribution in [2.24, 2.45) is 0 Å². The molecule has 0 aliphatic rings. The number of halogens is 1. The molecule has 0 amide bonds. The van der Waals surface area contributed by atoms with E-state index in [9.17, 15) is 0 Å². The molecule has 2 nitrogen and oxygen atoms in total. The predicted molar refractivity (Wildman–Crippen MR) is 83.3 cm³/mol. The van der Waals surface area contributed by atoms with Gasteiger partial charge in [-0.15, -0.1) is 0 Å². The third-order valence-corrected chi connectivity index (χ3v) is 4.14. The van der Waals surface area contributed by atoms with Crippen LogP contribution in [0.25, 0.3) is 0 Å². The molecule has 1 N–H and O–H groups in total. The van der Waals surface area contributed by atoms with Crippen LogP contribution in [0.2, 0.25) is 0 Å². The minimum absolute atomic E-state index is 0.948. The van der Waals surface area contributed by atoms with Crippen LogP contribution in [0.1, 0.15) is 5.56 Å². The maximum absolute atomic E-state index is 3.54. The van der Waals surface area contributed by atoms with Gasteiger partial charge in [0.15, 0.2) is 0 Å². The van der Waals surface area contributed by atoms with Gasteiger partial charge in [-0.25, -0.2) is 0 Å². The monoisotopic (exact) mass is 324 g/mol. The maximum Gasteiger partial charge on any atom is 0.0485 e. The van der Waals surface area contributed by atoms with Crippen molar-refractivity contribution in [2.75, 3.05) is 25.5 Å². The van der Waals surface area contributed by atoms with E-state index in [1.165, 1.54) is 5.56 Å². The molecule has 0 atom stereocenters. The van der Waals surface area contributed by atoms with Crippen LogP contribution in [-0.2, 0) is 6.54 Å². The van der Waals surface area contributed by atoms with Crippen LogP contribution < -0.4 is 5.32 Å². The van der Waals surface area contributed by atoms with Gasteiger partial charge >= 0.3 is 0 Å². The first-order chi connectivity index (χ1) is 8.75. The topological polar surface area (TPSA) is 15.3 Å².